The summed E-state index contributed by atoms with van der Waals surface area (Å²) in [5, 5.41) is 1.44. The molecular weight excluding hydrogens is 124 g/mol. The third-order valence-corrected chi connectivity index (χ3v) is 1.71. The molecule has 0 bridgehead atoms. The van der Waals surface area contributed by atoms with Crippen molar-refractivity contribution in [3.8, 4) is 0 Å². The molecule has 44 valence electrons. The van der Waals surface area contributed by atoms with Gasteiger partial charge >= 0.3 is 0 Å². The third-order valence-electron chi connectivity index (χ3n) is 0.731. The fraction of sp³-hybridized carbons (Fsp3) is 0.250. The van der Waals surface area contributed by atoms with E-state index in [4.69, 9.17) is 5.73 Å². The lowest BCUT2D eigenvalue weighted by molar-refractivity contribution is 0.690. The van der Waals surface area contributed by atoms with Gasteiger partial charge in [0.05, 0.1) is 16.6 Å². The Bertz CT molecular complexity index is 173. The quantitative estimate of drug-likeness (QED) is 0.484. The highest BCUT2D eigenvalue weighted by atomic mass is 32.2. The maximum absolute atomic E-state index is 10.5. The van der Waals surface area contributed by atoms with Crippen molar-refractivity contribution in [1.29, 1.82) is 0 Å². The van der Waals surface area contributed by atoms with Gasteiger partial charge in [-0.25, -0.2) is 4.99 Å². The minimum atomic E-state index is -0.907. The largest absolute Gasteiger partial charge is 0.383 e. The first kappa shape index (κ1) is 5.50. The van der Waals surface area contributed by atoms with E-state index < -0.39 is 10.8 Å². The van der Waals surface area contributed by atoms with Crippen molar-refractivity contribution in [2.24, 2.45) is 10.7 Å². The van der Waals surface area contributed by atoms with E-state index in [1.165, 1.54) is 5.41 Å². The van der Waals surface area contributed by atoms with Crippen molar-refractivity contribution < 1.29 is 4.21 Å². The molecule has 2 N–H and O–H groups in total. The lowest BCUT2D eigenvalue weighted by atomic mass is 10.8. The van der Waals surface area contributed by atoms with E-state index in [-0.39, 0.29) is 0 Å². The zero-order chi connectivity index (χ0) is 5.98. The number of rotatable bonds is 0. The van der Waals surface area contributed by atoms with Crippen LogP contribution < -0.4 is 5.73 Å². The van der Waals surface area contributed by atoms with Crippen LogP contribution in [0.2, 0.25) is 0 Å². The van der Waals surface area contributed by atoms with Gasteiger partial charge in [-0.1, -0.05) is 0 Å². The molecule has 0 aromatic heterocycles. The van der Waals surface area contributed by atoms with E-state index in [2.05, 4.69) is 4.99 Å². The average Bonchev–Trinajstić information content (AvgIpc) is 1.64. The first-order valence-corrected chi connectivity index (χ1v) is 3.54. The van der Waals surface area contributed by atoms with E-state index in [0.717, 1.165) is 0 Å². The first-order valence-electron chi connectivity index (χ1n) is 2.16. The molecule has 1 atom stereocenters. The Hall–Kier alpha value is -0.640. The van der Waals surface area contributed by atoms with E-state index in [9.17, 15) is 4.21 Å². The Labute approximate surface area is 49.7 Å². The van der Waals surface area contributed by atoms with Crippen LogP contribution in [-0.2, 0) is 10.8 Å². The normalized spacial score (nSPS) is 27.5. The molecule has 1 aliphatic rings. The summed E-state index contributed by atoms with van der Waals surface area (Å²) in [4.78, 5) is 3.70. The van der Waals surface area contributed by atoms with E-state index >= 15 is 0 Å². The molecule has 4 heteroatoms. The Morgan fingerprint density at radius 1 is 1.88 bits per heavy atom. The molecule has 0 fully saturated rings. The minimum Gasteiger partial charge on any atom is -0.383 e. The van der Waals surface area contributed by atoms with Crippen LogP contribution in [0.15, 0.2) is 16.2 Å². The molecule has 3 nitrogen and oxygen atoms in total. The van der Waals surface area contributed by atoms with Gasteiger partial charge in [-0.3, -0.25) is 4.21 Å². The average molecular weight is 130 g/mol. The topological polar surface area (TPSA) is 55.5 Å². The van der Waals surface area contributed by atoms with E-state index in [0.29, 0.717) is 11.6 Å². The van der Waals surface area contributed by atoms with Crippen LogP contribution in [-0.4, -0.2) is 16.2 Å². The first-order chi connectivity index (χ1) is 3.79. The molecule has 0 aromatic rings. The Kier molecular flexibility index (Phi) is 1.43. The molecule has 0 aromatic carbocycles. The molecule has 0 radical (unpaired) electrons. The van der Waals surface area contributed by atoms with Gasteiger partial charge in [0.15, 0.2) is 0 Å². The summed E-state index contributed by atoms with van der Waals surface area (Å²) in [6.45, 7) is 0. The van der Waals surface area contributed by atoms with E-state index in [1.807, 2.05) is 0 Å². The fourth-order valence-electron chi connectivity index (χ4n) is 0.429. The molecular formula is C4H6N2OS. The maximum atomic E-state index is 10.5. The van der Waals surface area contributed by atoms with Crippen LogP contribution in [0.1, 0.15) is 0 Å². The second kappa shape index (κ2) is 2.09. The summed E-state index contributed by atoms with van der Waals surface area (Å²) < 4.78 is 10.5. The molecule has 0 amide bonds. The SMILES string of the molecule is NC1=CS(=O)CC=N1. The molecule has 1 unspecified atom stereocenters. The van der Waals surface area contributed by atoms with Crippen molar-refractivity contribution in [1.82, 2.24) is 0 Å². The summed E-state index contributed by atoms with van der Waals surface area (Å²) in [6, 6.07) is 0. The second-order valence-electron chi connectivity index (χ2n) is 1.40. The van der Waals surface area contributed by atoms with Crippen molar-refractivity contribution in [3.05, 3.63) is 11.2 Å². The van der Waals surface area contributed by atoms with E-state index in [1.54, 1.807) is 6.21 Å². The van der Waals surface area contributed by atoms with Gasteiger partial charge in [0.1, 0.15) is 5.82 Å². The standard InChI is InChI=1S/C4H6N2OS/c5-4-3-8(7)2-1-6-4/h1,3H,2,5H2. The third kappa shape index (κ3) is 1.16. The lowest BCUT2D eigenvalue weighted by Gasteiger charge is -1.97. The van der Waals surface area contributed by atoms with Gasteiger partial charge in [-0.2, -0.15) is 0 Å². The maximum Gasteiger partial charge on any atom is 0.131 e. The van der Waals surface area contributed by atoms with Gasteiger partial charge in [0.25, 0.3) is 0 Å². The smallest absolute Gasteiger partial charge is 0.131 e. The Morgan fingerprint density at radius 2 is 2.62 bits per heavy atom. The summed E-state index contributed by atoms with van der Waals surface area (Å²) in [6.07, 6.45) is 1.56. The van der Waals surface area contributed by atoms with Crippen LogP contribution in [0.25, 0.3) is 0 Å². The highest BCUT2D eigenvalue weighted by Crippen LogP contribution is 1.95. The molecule has 0 saturated carbocycles. The summed E-state index contributed by atoms with van der Waals surface area (Å²) >= 11 is 0. The molecule has 0 aliphatic carbocycles. The number of nitrogens with zero attached hydrogens (tertiary/aromatic N) is 1. The summed E-state index contributed by atoms with van der Waals surface area (Å²) in [7, 11) is -0.907. The monoisotopic (exact) mass is 130 g/mol. The predicted octanol–water partition coefficient (Wildman–Crippen LogP) is -0.423. The highest BCUT2D eigenvalue weighted by molar-refractivity contribution is 7.88. The zero-order valence-electron chi connectivity index (χ0n) is 4.20. The van der Waals surface area contributed by atoms with Crippen LogP contribution in [0.5, 0.6) is 0 Å². The number of hydrogen-bond acceptors (Lipinski definition) is 3. The zero-order valence-corrected chi connectivity index (χ0v) is 5.02. The number of nitrogens with two attached hydrogens (primary N) is 1. The van der Waals surface area contributed by atoms with Crippen LogP contribution in [0.3, 0.4) is 0 Å². The van der Waals surface area contributed by atoms with Gasteiger partial charge in [-0.05, 0) is 0 Å². The molecule has 8 heavy (non-hydrogen) atoms. The van der Waals surface area contributed by atoms with Crippen LogP contribution in [0.4, 0.5) is 0 Å². The van der Waals surface area contributed by atoms with Crippen molar-refractivity contribution in [2.45, 2.75) is 0 Å². The fourth-order valence-corrected chi connectivity index (χ4v) is 1.08. The number of aliphatic imine (C=N–C) groups is 1. The second-order valence-corrected chi connectivity index (χ2v) is 2.73. The highest BCUT2D eigenvalue weighted by Gasteiger charge is 1.97. The minimum absolute atomic E-state index is 0.356. The van der Waals surface area contributed by atoms with Crippen LogP contribution in [0, 0.1) is 0 Å². The summed E-state index contributed by atoms with van der Waals surface area (Å²) in [5.74, 6) is 0.857. The predicted molar refractivity (Wildman–Crippen MR) is 33.8 cm³/mol. The van der Waals surface area contributed by atoms with Crippen molar-refractivity contribution in [2.75, 3.05) is 5.75 Å². The Balaban J connectivity index is 2.77. The lowest BCUT2D eigenvalue weighted by Crippen LogP contribution is -2.06. The molecule has 0 saturated heterocycles. The van der Waals surface area contributed by atoms with Gasteiger partial charge in [0.2, 0.25) is 0 Å². The Morgan fingerprint density at radius 3 is 3.00 bits per heavy atom. The van der Waals surface area contributed by atoms with Crippen LogP contribution >= 0.6 is 0 Å². The molecule has 1 aliphatic heterocycles. The summed E-state index contributed by atoms with van der Waals surface area (Å²) in [5.41, 5.74) is 5.20. The van der Waals surface area contributed by atoms with Gasteiger partial charge in [-0.15, -0.1) is 0 Å². The van der Waals surface area contributed by atoms with Crippen molar-refractivity contribution >= 4 is 17.0 Å². The van der Waals surface area contributed by atoms with Gasteiger partial charge in [0, 0.05) is 11.6 Å². The molecule has 1 heterocycles. The molecule has 0 spiro atoms. The van der Waals surface area contributed by atoms with Crippen molar-refractivity contribution in [3.63, 3.8) is 0 Å². The number of hydrogen-bond donors (Lipinski definition) is 1. The molecule has 1 rings (SSSR count). The van der Waals surface area contributed by atoms with Gasteiger partial charge < -0.3 is 5.73 Å².